The van der Waals surface area contributed by atoms with Crippen LogP contribution in [0.15, 0.2) is 36.7 Å². The van der Waals surface area contributed by atoms with Crippen molar-refractivity contribution in [1.82, 2.24) is 29.5 Å². The first-order valence-corrected chi connectivity index (χ1v) is 6.75. The molecule has 4 aromatic heterocycles. The highest BCUT2D eigenvalue weighted by Crippen LogP contribution is 2.24. The first kappa shape index (κ1) is 12.6. The summed E-state index contributed by atoms with van der Waals surface area (Å²) < 4.78 is 7.12. The number of methoxy groups -OCH3 is 1. The number of aryl methyl sites for hydroxylation is 1. The van der Waals surface area contributed by atoms with Crippen LogP contribution in [0, 0.1) is 6.92 Å². The van der Waals surface area contributed by atoms with Crippen LogP contribution in [0.25, 0.3) is 28.2 Å². The lowest BCUT2D eigenvalue weighted by atomic mass is 10.2. The quantitative estimate of drug-likeness (QED) is 0.562. The van der Waals surface area contributed by atoms with E-state index in [9.17, 15) is 0 Å². The molecule has 0 aromatic carbocycles. The van der Waals surface area contributed by atoms with Gasteiger partial charge < -0.3 is 4.74 Å². The Kier molecular flexibility index (Phi) is 2.72. The van der Waals surface area contributed by atoms with E-state index in [-0.39, 0.29) is 0 Å². The summed E-state index contributed by atoms with van der Waals surface area (Å²) in [5.74, 6) is 1.28. The van der Waals surface area contributed by atoms with Crippen LogP contribution < -0.4 is 4.74 Å². The maximum absolute atomic E-state index is 5.22. The lowest BCUT2D eigenvalue weighted by Crippen LogP contribution is -2.00. The summed E-state index contributed by atoms with van der Waals surface area (Å²) in [6.07, 6.45) is 3.47. The Hall–Kier alpha value is -3.09. The van der Waals surface area contributed by atoms with Crippen molar-refractivity contribution in [2.24, 2.45) is 0 Å². The lowest BCUT2D eigenvalue weighted by molar-refractivity contribution is 0.399. The van der Waals surface area contributed by atoms with Crippen molar-refractivity contribution in [2.45, 2.75) is 6.92 Å². The van der Waals surface area contributed by atoms with Gasteiger partial charge in [-0.05, 0) is 25.1 Å². The van der Waals surface area contributed by atoms with E-state index in [1.54, 1.807) is 25.6 Å². The molecule has 4 aromatic rings. The lowest BCUT2D eigenvalue weighted by Gasteiger charge is -2.05. The van der Waals surface area contributed by atoms with Gasteiger partial charge in [0.1, 0.15) is 11.3 Å². The molecule has 0 radical (unpaired) electrons. The number of hydrogen-bond acceptors (Lipinski definition) is 6. The van der Waals surface area contributed by atoms with Crippen molar-refractivity contribution in [3.63, 3.8) is 0 Å². The van der Waals surface area contributed by atoms with Crippen molar-refractivity contribution in [2.75, 3.05) is 7.11 Å². The van der Waals surface area contributed by atoms with Gasteiger partial charge in [-0.15, -0.1) is 10.2 Å². The third-order valence-corrected chi connectivity index (χ3v) is 3.46. The minimum absolute atomic E-state index is 0.522. The maximum atomic E-state index is 5.22. The van der Waals surface area contributed by atoms with E-state index in [1.165, 1.54) is 0 Å². The molecule has 7 heteroatoms. The number of nitrogens with zero attached hydrogens (tertiary/aromatic N) is 6. The van der Waals surface area contributed by atoms with Crippen LogP contribution in [0.3, 0.4) is 0 Å². The van der Waals surface area contributed by atoms with Crippen LogP contribution >= 0.6 is 0 Å². The predicted molar refractivity (Wildman–Crippen MR) is 80.6 cm³/mol. The Bertz CT molecular complexity index is 980. The Labute approximate surface area is 125 Å². The molecule has 0 aliphatic carbocycles. The number of fused-ring (bicyclic) bond motifs is 3. The fraction of sp³-hybridized carbons (Fsp3) is 0.133. The second-order valence-electron chi connectivity index (χ2n) is 4.81. The molecule has 4 heterocycles. The number of rotatable bonds is 2. The molecule has 0 spiro atoms. The zero-order valence-corrected chi connectivity index (χ0v) is 12.1. The predicted octanol–water partition coefficient (Wildman–Crippen LogP) is 2.05. The average molecular weight is 292 g/mol. The van der Waals surface area contributed by atoms with Crippen molar-refractivity contribution in [3.05, 3.63) is 42.4 Å². The fourth-order valence-corrected chi connectivity index (χ4v) is 2.41. The number of imidazole rings is 1. The average Bonchev–Trinajstić information content (AvgIpc) is 2.92. The van der Waals surface area contributed by atoms with Gasteiger partial charge in [-0.3, -0.25) is 9.38 Å². The first-order chi connectivity index (χ1) is 10.8. The second-order valence-corrected chi connectivity index (χ2v) is 4.81. The van der Waals surface area contributed by atoms with Gasteiger partial charge in [0.05, 0.1) is 12.8 Å². The molecule has 0 saturated carbocycles. The number of hydrogen-bond donors (Lipinski definition) is 0. The number of pyridine rings is 2. The number of ether oxygens (including phenoxy) is 1. The van der Waals surface area contributed by atoms with E-state index in [1.807, 2.05) is 29.5 Å². The summed E-state index contributed by atoms with van der Waals surface area (Å²) in [5.41, 5.74) is 3.76. The molecule has 108 valence electrons. The minimum Gasteiger partial charge on any atom is -0.481 e. The van der Waals surface area contributed by atoms with Crippen molar-refractivity contribution < 1.29 is 4.74 Å². The molecule has 0 fully saturated rings. The number of aromatic nitrogens is 6. The molecule has 0 unspecified atom stereocenters. The van der Waals surface area contributed by atoms with Crippen LogP contribution in [0.2, 0.25) is 0 Å². The van der Waals surface area contributed by atoms with Crippen LogP contribution in [0.1, 0.15) is 5.69 Å². The summed E-state index contributed by atoms with van der Waals surface area (Å²) in [7, 11) is 1.59. The Morgan fingerprint density at radius 1 is 0.955 bits per heavy atom. The van der Waals surface area contributed by atoms with E-state index in [2.05, 4.69) is 25.1 Å². The monoisotopic (exact) mass is 292 g/mol. The molecule has 0 saturated heterocycles. The van der Waals surface area contributed by atoms with Crippen molar-refractivity contribution >= 4 is 16.8 Å². The van der Waals surface area contributed by atoms with Crippen molar-refractivity contribution in [1.29, 1.82) is 0 Å². The molecule has 0 atom stereocenters. The topological polar surface area (TPSA) is 78.1 Å². The molecule has 0 N–H and O–H groups in total. The zero-order chi connectivity index (χ0) is 15.1. The molecular formula is C15H12N6O. The van der Waals surface area contributed by atoms with E-state index in [0.717, 1.165) is 17.1 Å². The first-order valence-electron chi connectivity index (χ1n) is 6.75. The fourth-order valence-electron chi connectivity index (χ4n) is 2.41. The molecule has 0 bridgehead atoms. The second kappa shape index (κ2) is 4.73. The highest BCUT2D eigenvalue weighted by molar-refractivity contribution is 5.77. The van der Waals surface area contributed by atoms with Crippen LogP contribution in [0.4, 0.5) is 0 Å². The van der Waals surface area contributed by atoms with Gasteiger partial charge in [0, 0.05) is 24.0 Å². The summed E-state index contributed by atoms with van der Waals surface area (Å²) >= 11 is 0. The molecule has 0 amide bonds. The minimum atomic E-state index is 0.522. The van der Waals surface area contributed by atoms with Crippen LogP contribution in [-0.4, -0.2) is 36.7 Å². The van der Waals surface area contributed by atoms with Gasteiger partial charge in [0.15, 0.2) is 11.3 Å². The maximum Gasteiger partial charge on any atom is 0.215 e. The smallest absolute Gasteiger partial charge is 0.215 e. The summed E-state index contributed by atoms with van der Waals surface area (Å²) in [5, 5.41) is 8.48. The molecule has 0 aliphatic heterocycles. The molecule has 0 aliphatic rings. The van der Waals surface area contributed by atoms with Crippen LogP contribution in [-0.2, 0) is 0 Å². The molecule has 4 rings (SSSR count). The Balaban J connectivity index is 2.15. The molecular weight excluding hydrogens is 280 g/mol. The summed E-state index contributed by atoms with van der Waals surface area (Å²) in [6, 6.07) is 7.40. The summed E-state index contributed by atoms with van der Waals surface area (Å²) in [4.78, 5) is 13.2. The normalized spacial score (nSPS) is 11.2. The highest BCUT2D eigenvalue weighted by atomic mass is 16.5. The van der Waals surface area contributed by atoms with E-state index in [0.29, 0.717) is 22.7 Å². The Morgan fingerprint density at radius 3 is 2.55 bits per heavy atom. The standard InChI is InChI=1S/C15H12N6O/c1-9-13-20-19-11-3-4-12(22-2)18-15(11)21(13)14(17-9)10-5-7-16-8-6-10/h3-8H,1-2H3. The van der Waals surface area contributed by atoms with Gasteiger partial charge in [-0.1, -0.05) is 0 Å². The van der Waals surface area contributed by atoms with Crippen molar-refractivity contribution in [3.8, 4) is 17.3 Å². The SMILES string of the molecule is COc1ccc2nnc3c(C)nc(-c4ccncc4)n3c2n1. The third-order valence-electron chi connectivity index (χ3n) is 3.46. The summed E-state index contributed by atoms with van der Waals surface area (Å²) in [6.45, 7) is 1.90. The zero-order valence-electron chi connectivity index (χ0n) is 12.1. The van der Waals surface area contributed by atoms with E-state index in [4.69, 9.17) is 4.74 Å². The third kappa shape index (κ3) is 1.79. The highest BCUT2D eigenvalue weighted by Gasteiger charge is 2.16. The van der Waals surface area contributed by atoms with Crippen LogP contribution in [0.5, 0.6) is 5.88 Å². The molecule has 22 heavy (non-hydrogen) atoms. The molecule has 7 nitrogen and oxygen atoms in total. The largest absolute Gasteiger partial charge is 0.481 e. The van der Waals surface area contributed by atoms with Gasteiger partial charge in [0.2, 0.25) is 5.88 Å². The van der Waals surface area contributed by atoms with E-state index >= 15 is 0 Å². The van der Waals surface area contributed by atoms with Gasteiger partial charge >= 0.3 is 0 Å². The van der Waals surface area contributed by atoms with E-state index < -0.39 is 0 Å². The van der Waals surface area contributed by atoms with Gasteiger partial charge in [-0.2, -0.15) is 4.98 Å². The Morgan fingerprint density at radius 2 is 1.77 bits per heavy atom. The van der Waals surface area contributed by atoms with Gasteiger partial charge in [0.25, 0.3) is 0 Å². The van der Waals surface area contributed by atoms with Gasteiger partial charge in [-0.25, -0.2) is 4.98 Å².